The van der Waals surface area contributed by atoms with E-state index in [4.69, 9.17) is 0 Å². The molecule has 0 aromatic carbocycles. The molecule has 3 heteroatoms. The van der Waals surface area contributed by atoms with Crippen molar-refractivity contribution in [1.29, 1.82) is 0 Å². The average molecular weight is 103 g/mol. The van der Waals surface area contributed by atoms with Gasteiger partial charge in [-0.05, 0) is 14.1 Å². The molecule has 0 aliphatic carbocycles. The van der Waals surface area contributed by atoms with Crippen molar-refractivity contribution in [1.82, 2.24) is 16.0 Å². The van der Waals surface area contributed by atoms with Crippen LogP contribution >= 0.6 is 0 Å². The zero-order chi connectivity index (χ0) is 5.54. The summed E-state index contributed by atoms with van der Waals surface area (Å²) in [4.78, 5) is 0. The van der Waals surface area contributed by atoms with Crippen LogP contribution < -0.4 is 16.0 Å². The van der Waals surface area contributed by atoms with E-state index in [1.54, 1.807) is 0 Å². The van der Waals surface area contributed by atoms with E-state index >= 15 is 0 Å². The minimum absolute atomic E-state index is 0.862. The highest BCUT2D eigenvalue weighted by Gasteiger charge is 1.73. The van der Waals surface area contributed by atoms with E-state index in [2.05, 4.69) is 16.0 Å². The van der Waals surface area contributed by atoms with Crippen molar-refractivity contribution in [2.75, 3.05) is 27.4 Å². The van der Waals surface area contributed by atoms with Crippen LogP contribution in [-0.4, -0.2) is 27.4 Å². The molecular weight excluding hydrogens is 90.1 g/mol. The Morgan fingerprint density at radius 1 is 1.00 bits per heavy atom. The van der Waals surface area contributed by atoms with Gasteiger partial charge in [0, 0.05) is 13.3 Å². The fourth-order valence-corrected chi connectivity index (χ4v) is 0.312. The highest BCUT2D eigenvalue weighted by atomic mass is 15.1. The van der Waals surface area contributed by atoms with Crippen LogP contribution in [0, 0.1) is 0 Å². The Labute approximate surface area is 44.5 Å². The van der Waals surface area contributed by atoms with Crippen molar-refractivity contribution in [2.24, 2.45) is 0 Å². The Hall–Kier alpha value is -0.120. The Morgan fingerprint density at radius 3 is 1.71 bits per heavy atom. The van der Waals surface area contributed by atoms with Crippen LogP contribution in [0.2, 0.25) is 0 Å². The number of rotatable bonds is 4. The van der Waals surface area contributed by atoms with Crippen molar-refractivity contribution in [3.05, 3.63) is 0 Å². The standard InChI is InChI=1S/C4H13N3/c1-5-3-7-4-6-2/h5-7H,3-4H2,1-2H3. The maximum atomic E-state index is 3.06. The quantitative estimate of drug-likeness (QED) is 0.313. The average Bonchev–Trinajstić information content (AvgIpc) is 1.69. The van der Waals surface area contributed by atoms with Gasteiger partial charge in [-0.15, -0.1) is 0 Å². The summed E-state index contributed by atoms with van der Waals surface area (Å²) in [5, 5.41) is 8.97. The van der Waals surface area contributed by atoms with Gasteiger partial charge < -0.3 is 10.6 Å². The van der Waals surface area contributed by atoms with Crippen molar-refractivity contribution < 1.29 is 0 Å². The number of hydrogen-bond donors (Lipinski definition) is 3. The van der Waals surface area contributed by atoms with E-state index in [0.717, 1.165) is 13.3 Å². The minimum atomic E-state index is 0.862. The van der Waals surface area contributed by atoms with E-state index < -0.39 is 0 Å². The maximum Gasteiger partial charge on any atom is 0.0462 e. The molecule has 7 heavy (non-hydrogen) atoms. The summed E-state index contributed by atoms with van der Waals surface area (Å²) in [5.41, 5.74) is 0. The third-order valence-electron chi connectivity index (χ3n) is 0.604. The zero-order valence-corrected chi connectivity index (χ0v) is 4.91. The Bertz CT molecular complexity index is 26.1. The lowest BCUT2D eigenvalue weighted by molar-refractivity contribution is 0.593. The summed E-state index contributed by atoms with van der Waals surface area (Å²) in [6, 6.07) is 0. The van der Waals surface area contributed by atoms with Gasteiger partial charge in [0.05, 0.1) is 0 Å². The predicted molar refractivity (Wildman–Crippen MR) is 31.0 cm³/mol. The second-order valence-electron chi connectivity index (χ2n) is 1.31. The van der Waals surface area contributed by atoms with Gasteiger partial charge >= 0.3 is 0 Å². The number of nitrogens with one attached hydrogen (secondary N) is 3. The van der Waals surface area contributed by atoms with Gasteiger partial charge in [-0.25, -0.2) is 0 Å². The molecule has 0 saturated heterocycles. The normalized spacial score (nSPS) is 9.43. The largest absolute Gasteiger partial charge is 0.308 e. The van der Waals surface area contributed by atoms with Crippen molar-refractivity contribution in [3.63, 3.8) is 0 Å². The molecule has 0 radical (unpaired) electrons. The Kier molecular flexibility index (Phi) is 5.78. The Morgan fingerprint density at radius 2 is 1.43 bits per heavy atom. The van der Waals surface area contributed by atoms with Gasteiger partial charge in [-0.2, -0.15) is 0 Å². The van der Waals surface area contributed by atoms with Gasteiger partial charge in [-0.3, -0.25) is 5.32 Å². The molecule has 0 amide bonds. The fraction of sp³-hybridized carbons (Fsp3) is 1.00. The molecule has 0 saturated carbocycles. The smallest absolute Gasteiger partial charge is 0.0462 e. The highest BCUT2D eigenvalue weighted by molar-refractivity contribution is 4.34. The third kappa shape index (κ3) is 5.88. The molecule has 0 bridgehead atoms. The molecule has 0 heterocycles. The number of hydrogen-bond acceptors (Lipinski definition) is 3. The first-order valence-electron chi connectivity index (χ1n) is 2.41. The third-order valence-corrected chi connectivity index (χ3v) is 0.604. The summed E-state index contributed by atoms with van der Waals surface area (Å²) in [6.45, 7) is 1.72. The first-order valence-corrected chi connectivity index (χ1v) is 2.41. The van der Waals surface area contributed by atoms with Gasteiger partial charge in [0.15, 0.2) is 0 Å². The van der Waals surface area contributed by atoms with Crippen LogP contribution in [0.25, 0.3) is 0 Å². The van der Waals surface area contributed by atoms with E-state index in [1.165, 1.54) is 0 Å². The molecule has 0 spiro atoms. The van der Waals surface area contributed by atoms with Crippen LogP contribution in [-0.2, 0) is 0 Å². The predicted octanol–water partition coefficient (Wildman–Crippen LogP) is -1.07. The van der Waals surface area contributed by atoms with Gasteiger partial charge in [0.2, 0.25) is 0 Å². The highest BCUT2D eigenvalue weighted by Crippen LogP contribution is 1.41. The topological polar surface area (TPSA) is 36.1 Å². The maximum absolute atomic E-state index is 3.06. The van der Waals surface area contributed by atoms with Crippen LogP contribution in [0.1, 0.15) is 0 Å². The van der Waals surface area contributed by atoms with Crippen LogP contribution in [0.3, 0.4) is 0 Å². The lowest BCUT2D eigenvalue weighted by atomic mass is 10.9. The Balaban J connectivity index is 2.45. The molecule has 0 aromatic rings. The summed E-state index contributed by atoms with van der Waals surface area (Å²) >= 11 is 0. The van der Waals surface area contributed by atoms with Gasteiger partial charge in [-0.1, -0.05) is 0 Å². The molecule has 0 fully saturated rings. The van der Waals surface area contributed by atoms with Crippen LogP contribution in [0.15, 0.2) is 0 Å². The first kappa shape index (κ1) is 6.88. The summed E-state index contributed by atoms with van der Waals surface area (Å²) in [6.07, 6.45) is 0. The second kappa shape index (κ2) is 5.88. The summed E-state index contributed by atoms with van der Waals surface area (Å²) in [5.74, 6) is 0. The molecule has 0 aromatic heterocycles. The van der Waals surface area contributed by atoms with E-state index in [9.17, 15) is 0 Å². The van der Waals surface area contributed by atoms with Crippen molar-refractivity contribution >= 4 is 0 Å². The SMILES string of the molecule is CNCNCNC. The van der Waals surface area contributed by atoms with Gasteiger partial charge in [0.25, 0.3) is 0 Å². The molecule has 44 valence electrons. The van der Waals surface area contributed by atoms with Gasteiger partial charge in [0.1, 0.15) is 0 Å². The first-order chi connectivity index (χ1) is 3.41. The van der Waals surface area contributed by atoms with E-state index in [1.807, 2.05) is 14.1 Å². The molecule has 0 aliphatic rings. The molecule has 0 rings (SSSR count). The summed E-state index contributed by atoms with van der Waals surface area (Å²) in [7, 11) is 3.81. The molecule has 3 N–H and O–H groups in total. The lowest BCUT2D eigenvalue weighted by Crippen LogP contribution is -2.32. The second-order valence-corrected chi connectivity index (χ2v) is 1.31. The lowest BCUT2D eigenvalue weighted by Gasteiger charge is -1.99. The molecule has 3 nitrogen and oxygen atoms in total. The molecular formula is C4H13N3. The summed E-state index contributed by atoms with van der Waals surface area (Å²) < 4.78 is 0. The minimum Gasteiger partial charge on any atom is -0.308 e. The van der Waals surface area contributed by atoms with Crippen molar-refractivity contribution in [2.45, 2.75) is 0 Å². The monoisotopic (exact) mass is 103 g/mol. The van der Waals surface area contributed by atoms with E-state index in [0.29, 0.717) is 0 Å². The fourth-order valence-electron chi connectivity index (χ4n) is 0.312. The van der Waals surface area contributed by atoms with E-state index in [-0.39, 0.29) is 0 Å². The zero-order valence-electron chi connectivity index (χ0n) is 4.91. The molecule has 0 aliphatic heterocycles. The van der Waals surface area contributed by atoms with Crippen LogP contribution in [0.5, 0.6) is 0 Å². The van der Waals surface area contributed by atoms with Crippen LogP contribution in [0.4, 0.5) is 0 Å². The molecule has 0 atom stereocenters. The molecule has 0 unspecified atom stereocenters. The van der Waals surface area contributed by atoms with Crippen molar-refractivity contribution in [3.8, 4) is 0 Å².